The molecule has 2 rings (SSSR count). The third-order valence-corrected chi connectivity index (χ3v) is 3.40. The van der Waals surface area contributed by atoms with E-state index in [1.807, 2.05) is 12.1 Å². The second-order valence-electron chi connectivity index (χ2n) is 5.21. The lowest BCUT2D eigenvalue weighted by Crippen LogP contribution is -2.42. The lowest BCUT2D eigenvalue weighted by molar-refractivity contribution is 0.317. The summed E-state index contributed by atoms with van der Waals surface area (Å²) in [5.74, 6) is 1.78. The molecule has 0 saturated carbocycles. The molecule has 122 valence electrons. The number of benzene rings is 1. The van der Waals surface area contributed by atoms with Gasteiger partial charge in [-0.1, -0.05) is 31.2 Å². The van der Waals surface area contributed by atoms with Gasteiger partial charge in [-0.15, -0.1) is 24.0 Å². The van der Waals surface area contributed by atoms with Gasteiger partial charge in [-0.2, -0.15) is 0 Å². The molecule has 0 bridgehead atoms. The van der Waals surface area contributed by atoms with Crippen LogP contribution in [0.1, 0.15) is 31.7 Å². The van der Waals surface area contributed by atoms with E-state index in [0.29, 0.717) is 6.04 Å². The van der Waals surface area contributed by atoms with Crippen molar-refractivity contribution < 1.29 is 4.74 Å². The lowest BCUT2D eigenvalue weighted by atomic mass is 10.2. The molecule has 0 aromatic heterocycles. The highest BCUT2D eigenvalue weighted by atomic mass is 127. The average molecular weight is 415 g/mol. The van der Waals surface area contributed by atoms with Crippen LogP contribution in [0.4, 0.5) is 0 Å². The summed E-state index contributed by atoms with van der Waals surface area (Å²) in [6.45, 7) is 3.61. The van der Waals surface area contributed by atoms with Crippen LogP contribution in [0.15, 0.2) is 41.4 Å². The quantitative estimate of drug-likeness (QED) is 0.324. The van der Waals surface area contributed by atoms with Crippen LogP contribution in [0.25, 0.3) is 0 Å². The van der Waals surface area contributed by atoms with Crippen LogP contribution in [0.2, 0.25) is 0 Å². The summed E-state index contributed by atoms with van der Waals surface area (Å²) in [5.41, 5.74) is 1.19. The van der Waals surface area contributed by atoms with E-state index < -0.39 is 0 Å². The predicted molar refractivity (Wildman–Crippen MR) is 103 cm³/mol. The summed E-state index contributed by atoms with van der Waals surface area (Å²) in [6, 6.07) is 8.66. The normalized spacial score (nSPS) is 14.5. The van der Waals surface area contributed by atoms with Crippen LogP contribution < -0.4 is 15.4 Å². The van der Waals surface area contributed by atoms with Crippen molar-refractivity contribution >= 4 is 29.9 Å². The fraction of sp³-hybridized carbons (Fsp3) is 0.471. The molecule has 0 amide bonds. The standard InChI is InChI=1S/C17H25N3O.HI/c1-3-11-21-16-10-6-7-14(12-16)13-19-17(18-2)20-15-8-4-5-9-15;/h4-7,10,12,15H,3,8-9,11,13H2,1-2H3,(H2,18,19,20);1H. The Morgan fingerprint density at radius 1 is 1.32 bits per heavy atom. The molecule has 4 nitrogen and oxygen atoms in total. The Kier molecular flexibility index (Phi) is 8.96. The van der Waals surface area contributed by atoms with Gasteiger partial charge >= 0.3 is 0 Å². The number of ether oxygens (including phenoxy) is 1. The molecule has 0 spiro atoms. The second kappa shape index (κ2) is 10.5. The highest BCUT2D eigenvalue weighted by molar-refractivity contribution is 14.0. The average Bonchev–Trinajstić information content (AvgIpc) is 3.02. The van der Waals surface area contributed by atoms with Gasteiger partial charge in [0, 0.05) is 19.6 Å². The van der Waals surface area contributed by atoms with Crippen molar-refractivity contribution in [3.8, 4) is 5.75 Å². The Morgan fingerprint density at radius 2 is 2.09 bits per heavy atom. The third-order valence-electron chi connectivity index (χ3n) is 3.40. The predicted octanol–water partition coefficient (Wildman–Crippen LogP) is 3.48. The summed E-state index contributed by atoms with van der Waals surface area (Å²) >= 11 is 0. The zero-order valence-corrected chi connectivity index (χ0v) is 15.7. The molecule has 5 heteroatoms. The zero-order valence-electron chi connectivity index (χ0n) is 13.3. The van der Waals surface area contributed by atoms with Crippen molar-refractivity contribution in [1.82, 2.24) is 10.6 Å². The van der Waals surface area contributed by atoms with Gasteiger partial charge in [0.15, 0.2) is 5.96 Å². The molecule has 0 aliphatic heterocycles. The number of nitrogens with one attached hydrogen (secondary N) is 2. The van der Waals surface area contributed by atoms with E-state index in [1.165, 1.54) is 5.56 Å². The van der Waals surface area contributed by atoms with Gasteiger partial charge in [0.05, 0.1) is 6.61 Å². The summed E-state index contributed by atoms with van der Waals surface area (Å²) in [4.78, 5) is 4.27. The summed E-state index contributed by atoms with van der Waals surface area (Å²) in [7, 11) is 1.80. The summed E-state index contributed by atoms with van der Waals surface area (Å²) < 4.78 is 5.65. The molecule has 0 atom stereocenters. The number of nitrogens with zero attached hydrogens (tertiary/aromatic N) is 1. The van der Waals surface area contributed by atoms with Gasteiger partial charge < -0.3 is 15.4 Å². The Morgan fingerprint density at radius 3 is 2.77 bits per heavy atom. The minimum Gasteiger partial charge on any atom is -0.494 e. The van der Waals surface area contributed by atoms with Gasteiger partial charge in [-0.25, -0.2) is 0 Å². The van der Waals surface area contributed by atoms with Gasteiger partial charge in [0.25, 0.3) is 0 Å². The van der Waals surface area contributed by atoms with E-state index in [1.54, 1.807) is 7.05 Å². The molecule has 1 aliphatic carbocycles. The lowest BCUT2D eigenvalue weighted by Gasteiger charge is -2.17. The number of aliphatic imine (C=N–C) groups is 1. The SMILES string of the molecule is CCCOc1cccc(CNC(=NC)NC2CC=CC2)c1.I. The Balaban J connectivity index is 0.00000242. The van der Waals surface area contributed by atoms with E-state index in [0.717, 1.165) is 44.1 Å². The first-order chi connectivity index (χ1) is 10.3. The molecular weight excluding hydrogens is 389 g/mol. The molecule has 22 heavy (non-hydrogen) atoms. The van der Waals surface area contributed by atoms with E-state index >= 15 is 0 Å². The highest BCUT2D eigenvalue weighted by Gasteiger charge is 2.11. The van der Waals surface area contributed by atoms with Crippen molar-refractivity contribution in [1.29, 1.82) is 0 Å². The maximum absolute atomic E-state index is 5.65. The zero-order chi connectivity index (χ0) is 14.9. The van der Waals surface area contributed by atoms with Crippen LogP contribution in [0.5, 0.6) is 5.75 Å². The fourth-order valence-electron chi connectivity index (χ4n) is 2.27. The molecule has 0 unspecified atom stereocenters. The van der Waals surface area contributed by atoms with Crippen molar-refractivity contribution in [3.63, 3.8) is 0 Å². The molecule has 1 aromatic carbocycles. The van der Waals surface area contributed by atoms with Crippen LogP contribution in [-0.2, 0) is 6.54 Å². The van der Waals surface area contributed by atoms with Gasteiger partial charge in [-0.05, 0) is 37.0 Å². The van der Waals surface area contributed by atoms with Gasteiger partial charge in [0.1, 0.15) is 5.75 Å². The molecule has 0 saturated heterocycles. The maximum atomic E-state index is 5.65. The first-order valence-corrected chi connectivity index (χ1v) is 7.65. The third kappa shape index (κ3) is 6.25. The monoisotopic (exact) mass is 415 g/mol. The largest absolute Gasteiger partial charge is 0.494 e. The Labute approximate surface area is 150 Å². The molecule has 1 aromatic rings. The second-order valence-corrected chi connectivity index (χ2v) is 5.21. The number of halogens is 1. The number of rotatable bonds is 6. The number of guanidine groups is 1. The van der Waals surface area contributed by atoms with Crippen molar-refractivity contribution in [2.45, 2.75) is 38.8 Å². The molecule has 0 radical (unpaired) electrons. The molecule has 0 heterocycles. The van der Waals surface area contributed by atoms with Crippen molar-refractivity contribution in [3.05, 3.63) is 42.0 Å². The number of hydrogen-bond donors (Lipinski definition) is 2. The molecule has 0 fully saturated rings. The van der Waals surface area contributed by atoms with Gasteiger partial charge in [-0.3, -0.25) is 4.99 Å². The highest BCUT2D eigenvalue weighted by Crippen LogP contribution is 2.13. The topological polar surface area (TPSA) is 45.6 Å². The van der Waals surface area contributed by atoms with E-state index in [-0.39, 0.29) is 24.0 Å². The Bertz CT molecular complexity index is 494. The van der Waals surface area contributed by atoms with E-state index in [9.17, 15) is 0 Å². The molecular formula is C17H26IN3O. The van der Waals surface area contributed by atoms with Crippen molar-refractivity contribution in [2.24, 2.45) is 4.99 Å². The summed E-state index contributed by atoms with van der Waals surface area (Å²) in [5, 5.41) is 6.78. The minimum absolute atomic E-state index is 0. The smallest absolute Gasteiger partial charge is 0.191 e. The fourth-order valence-corrected chi connectivity index (χ4v) is 2.27. The number of hydrogen-bond acceptors (Lipinski definition) is 2. The first-order valence-electron chi connectivity index (χ1n) is 7.65. The Hall–Kier alpha value is -1.24. The van der Waals surface area contributed by atoms with Crippen LogP contribution in [0, 0.1) is 0 Å². The maximum Gasteiger partial charge on any atom is 0.191 e. The summed E-state index contributed by atoms with van der Waals surface area (Å²) in [6.07, 6.45) is 7.58. The molecule has 2 N–H and O–H groups in total. The van der Waals surface area contributed by atoms with Gasteiger partial charge in [0.2, 0.25) is 0 Å². The van der Waals surface area contributed by atoms with E-state index in [4.69, 9.17) is 4.74 Å². The van der Waals surface area contributed by atoms with E-state index in [2.05, 4.69) is 46.8 Å². The first kappa shape index (κ1) is 18.8. The molecule has 1 aliphatic rings. The van der Waals surface area contributed by atoms with Crippen LogP contribution in [-0.4, -0.2) is 25.7 Å². The minimum atomic E-state index is 0. The van der Waals surface area contributed by atoms with Crippen LogP contribution in [0.3, 0.4) is 0 Å². The van der Waals surface area contributed by atoms with Crippen LogP contribution >= 0.6 is 24.0 Å². The van der Waals surface area contributed by atoms with Crippen molar-refractivity contribution in [2.75, 3.05) is 13.7 Å².